The van der Waals surface area contributed by atoms with Crippen LogP contribution in [0, 0.1) is 5.92 Å². The number of rotatable bonds is 10. The smallest absolute Gasteiger partial charge is 0.140 e. The van der Waals surface area contributed by atoms with Crippen LogP contribution >= 0.6 is 0 Å². The molecule has 3 N–H and O–H groups in total. The molecular formula is C12H27N3O2. The van der Waals surface area contributed by atoms with Crippen LogP contribution in [0.1, 0.15) is 33.6 Å². The summed E-state index contributed by atoms with van der Waals surface area (Å²) >= 11 is 0. The van der Waals surface area contributed by atoms with Gasteiger partial charge in [0.1, 0.15) is 5.84 Å². The molecule has 102 valence electrons. The van der Waals surface area contributed by atoms with Crippen molar-refractivity contribution in [3.63, 3.8) is 0 Å². The maximum Gasteiger partial charge on any atom is 0.140 e. The average molecular weight is 245 g/mol. The number of oxime groups is 1. The summed E-state index contributed by atoms with van der Waals surface area (Å²) in [6.07, 6.45) is 1.63. The molecule has 0 atom stereocenters. The highest BCUT2D eigenvalue weighted by atomic mass is 16.5. The molecule has 0 spiro atoms. The van der Waals surface area contributed by atoms with Gasteiger partial charge in [-0.25, -0.2) is 0 Å². The van der Waals surface area contributed by atoms with Crippen molar-refractivity contribution in [2.24, 2.45) is 16.8 Å². The van der Waals surface area contributed by atoms with E-state index in [2.05, 4.69) is 23.9 Å². The van der Waals surface area contributed by atoms with Crippen molar-refractivity contribution in [2.45, 2.75) is 33.6 Å². The van der Waals surface area contributed by atoms with Crippen LogP contribution in [-0.4, -0.2) is 48.8 Å². The van der Waals surface area contributed by atoms with Crippen LogP contribution in [0.2, 0.25) is 0 Å². The molecule has 0 aromatic carbocycles. The van der Waals surface area contributed by atoms with Crippen LogP contribution in [0.15, 0.2) is 5.16 Å². The third kappa shape index (κ3) is 10.1. The van der Waals surface area contributed by atoms with Gasteiger partial charge in [0.15, 0.2) is 0 Å². The number of amidine groups is 1. The highest BCUT2D eigenvalue weighted by Crippen LogP contribution is 2.01. The Bertz CT molecular complexity index is 208. The van der Waals surface area contributed by atoms with E-state index in [0.717, 1.165) is 39.3 Å². The molecule has 0 aliphatic rings. The largest absolute Gasteiger partial charge is 0.409 e. The topological polar surface area (TPSA) is 71.1 Å². The van der Waals surface area contributed by atoms with E-state index in [9.17, 15) is 0 Å². The lowest BCUT2D eigenvalue weighted by molar-refractivity contribution is 0.129. The molecule has 0 radical (unpaired) electrons. The molecule has 0 bridgehead atoms. The molecule has 0 aromatic heterocycles. The van der Waals surface area contributed by atoms with Gasteiger partial charge in [0.05, 0.1) is 0 Å². The quantitative estimate of drug-likeness (QED) is 0.201. The van der Waals surface area contributed by atoms with E-state index in [1.807, 2.05) is 6.92 Å². The van der Waals surface area contributed by atoms with Crippen molar-refractivity contribution in [1.82, 2.24) is 4.90 Å². The van der Waals surface area contributed by atoms with Crippen LogP contribution in [0.4, 0.5) is 0 Å². The average Bonchev–Trinajstić information content (AvgIpc) is 2.30. The van der Waals surface area contributed by atoms with Gasteiger partial charge in [-0.1, -0.05) is 19.0 Å². The van der Waals surface area contributed by atoms with Gasteiger partial charge in [-0.05, 0) is 19.3 Å². The van der Waals surface area contributed by atoms with E-state index in [4.69, 9.17) is 15.7 Å². The molecule has 0 aromatic rings. The van der Waals surface area contributed by atoms with Crippen molar-refractivity contribution in [3.8, 4) is 0 Å². The fourth-order valence-electron chi connectivity index (χ4n) is 1.67. The second kappa shape index (κ2) is 10.4. The molecule has 0 aliphatic heterocycles. The van der Waals surface area contributed by atoms with Gasteiger partial charge in [0.2, 0.25) is 0 Å². The first-order valence-electron chi connectivity index (χ1n) is 6.36. The molecule has 17 heavy (non-hydrogen) atoms. The fraction of sp³-hybridized carbons (Fsp3) is 0.917. The number of ether oxygens (including phenoxy) is 1. The Labute approximate surface area is 105 Å². The molecule has 0 saturated carbocycles. The minimum atomic E-state index is 0.295. The molecule has 0 unspecified atom stereocenters. The van der Waals surface area contributed by atoms with Crippen LogP contribution in [0.5, 0.6) is 0 Å². The summed E-state index contributed by atoms with van der Waals surface area (Å²) in [6.45, 7) is 10.8. The lowest BCUT2D eigenvalue weighted by Gasteiger charge is -2.23. The first-order chi connectivity index (χ1) is 8.10. The van der Waals surface area contributed by atoms with E-state index in [-0.39, 0.29) is 0 Å². The molecule has 0 amide bonds. The Morgan fingerprint density at radius 2 is 2.12 bits per heavy atom. The summed E-state index contributed by atoms with van der Waals surface area (Å²) < 4.78 is 5.32. The van der Waals surface area contributed by atoms with Gasteiger partial charge >= 0.3 is 0 Å². The zero-order valence-electron chi connectivity index (χ0n) is 11.4. The SMILES string of the molecule is CCOCCCN(CCC(N)=NO)CC(C)C. The molecule has 0 saturated heterocycles. The minimum Gasteiger partial charge on any atom is -0.409 e. The van der Waals surface area contributed by atoms with Crippen LogP contribution in [-0.2, 0) is 4.74 Å². The van der Waals surface area contributed by atoms with Crippen LogP contribution < -0.4 is 5.73 Å². The summed E-state index contributed by atoms with van der Waals surface area (Å²) in [7, 11) is 0. The zero-order valence-corrected chi connectivity index (χ0v) is 11.4. The summed E-state index contributed by atoms with van der Waals surface area (Å²) in [5.74, 6) is 0.915. The van der Waals surface area contributed by atoms with Gasteiger partial charge in [0, 0.05) is 39.3 Å². The molecule has 5 heteroatoms. The van der Waals surface area contributed by atoms with Gasteiger partial charge in [0.25, 0.3) is 0 Å². The van der Waals surface area contributed by atoms with Crippen molar-refractivity contribution >= 4 is 5.84 Å². The second-order valence-electron chi connectivity index (χ2n) is 4.59. The molecule has 0 fully saturated rings. The van der Waals surface area contributed by atoms with Crippen LogP contribution in [0.25, 0.3) is 0 Å². The van der Waals surface area contributed by atoms with Crippen LogP contribution in [0.3, 0.4) is 0 Å². The maximum atomic E-state index is 8.50. The fourth-order valence-corrected chi connectivity index (χ4v) is 1.67. The van der Waals surface area contributed by atoms with E-state index in [1.165, 1.54) is 0 Å². The third-order valence-electron chi connectivity index (χ3n) is 2.40. The maximum absolute atomic E-state index is 8.50. The van der Waals surface area contributed by atoms with Crippen molar-refractivity contribution in [2.75, 3.05) is 32.8 Å². The Hall–Kier alpha value is -0.810. The van der Waals surface area contributed by atoms with E-state index in [0.29, 0.717) is 18.2 Å². The monoisotopic (exact) mass is 245 g/mol. The summed E-state index contributed by atoms with van der Waals surface area (Å²) in [5, 5.41) is 11.5. The molecule has 0 rings (SSSR count). The highest BCUT2D eigenvalue weighted by molar-refractivity contribution is 5.79. The first kappa shape index (κ1) is 16.2. The molecular weight excluding hydrogens is 218 g/mol. The second-order valence-corrected chi connectivity index (χ2v) is 4.59. The molecule has 0 heterocycles. The Morgan fingerprint density at radius 3 is 2.65 bits per heavy atom. The van der Waals surface area contributed by atoms with E-state index < -0.39 is 0 Å². The third-order valence-corrected chi connectivity index (χ3v) is 2.40. The number of nitrogens with two attached hydrogens (primary N) is 1. The predicted octanol–water partition coefficient (Wildman–Crippen LogP) is 1.51. The minimum absolute atomic E-state index is 0.295. The lowest BCUT2D eigenvalue weighted by atomic mass is 10.2. The first-order valence-corrected chi connectivity index (χ1v) is 6.36. The summed E-state index contributed by atoms with van der Waals surface area (Å²) in [6, 6.07) is 0. The zero-order chi connectivity index (χ0) is 13.1. The summed E-state index contributed by atoms with van der Waals surface area (Å²) in [5.41, 5.74) is 5.48. The summed E-state index contributed by atoms with van der Waals surface area (Å²) in [4.78, 5) is 2.34. The molecule has 0 aliphatic carbocycles. The normalized spacial score (nSPS) is 12.6. The van der Waals surface area contributed by atoms with Gasteiger partial charge < -0.3 is 20.6 Å². The number of hydrogen-bond acceptors (Lipinski definition) is 4. The Balaban J connectivity index is 3.87. The Morgan fingerprint density at radius 1 is 1.41 bits per heavy atom. The standard InChI is InChI=1S/C12H27N3O2/c1-4-17-9-5-7-15(10-11(2)3)8-6-12(13)14-16/h11,16H,4-10H2,1-3H3,(H2,13,14). The van der Waals surface area contributed by atoms with Crippen molar-refractivity contribution < 1.29 is 9.94 Å². The van der Waals surface area contributed by atoms with E-state index in [1.54, 1.807) is 0 Å². The number of nitrogens with zero attached hydrogens (tertiary/aromatic N) is 2. The van der Waals surface area contributed by atoms with Crippen molar-refractivity contribution in [1.29, 1.82) is 0 Å². The highest BCUT2D eigenvalue weighted by Gasteiger charge is 2.08. The number of hydrogen-bond donors (Lipinski definition) is 2. The predicted molar refractivity (Wildman–Crippen MR) is 70.4 cm³/mol. The lowest BCUT2D eigenvalue weighted by Crippen LogP contribution is -2.32. The van der Waals surface area contributed by atoms with Gasteiger partial charge in [-0.2, -0.15) is 0 Å². The van der Waals surface area contributed by atoms with Gasteiger partial charge in [-0.3, -0.25) is 0 Å². The molecule has 5 nitrogen and oxygen atoms in total. The Kier molecular flexibility index (Phi) is 9.86. The van der Waals surface area contributed by atoms with Gasteiger partial charge in [-0.15, -0.1) is 0 Å². The van der Waals surface area contributed by atoms with Crippen molar-refractivity contribution in [3.05, 3.63) is 0 Å². The van der Waals surface area contributed by atoms with E-state index >= 15 is 0 Å².